The number of aryl methyl sites for hydroxylation is 1. The van der Waals surface area contributed by atoms with Gasteiger partial charge in [0.15, 0.2) is 0 Å². The van der Waals surface area contributed by atoms with E-state index in [4.69, 9.17) is 0 Å². The third-order valence-corrected chi connectivity index (χ3v) is 8.04. The smallest absolute Gasteiger partial charge is 0.331 e. The van der Waals surface area contributed by atoms with E-state index in [1.165, 1.54) is 6.92 Å². The zero-order valence-corrected chi connectivity index (χ0v) is 27.0. The summed E-state index contributed by atoms with van der Waals surface area (Å²) in [6.07, 6.45) is 3.69. The normalized spacial score (nSPS) is 15.1. The van der Waals surface area contributed by atoms with Crippen LogP contribution in [-0.4, -0.2) is 71.6 Å². The van der Waals surface area contributed by atoms with Crippen molar-refractivity contribution in [3.8, 4) is 0 Å². The summed E-state index contributed by atoms with van der Waals surface area (Å²) in [6, 6.07) is 4.46. The molecule has 2 amide bonds. The number of hydrogen-bond donors (Lipinski definition) is 4. The Kier molecular flexibility index (Phi) is 11.0. The number of aliphatic carboxylic acids is 1. The molecule has 0 radical (unpaired) electrons. The molecule has 1 aromatic carbocycles. The molecule has 3 atom stereocenters. The van der Waals surface area contributed by atoms with E-state index in [0.717, 1.165) is 28.6 Å². The minimum Gasteiger partial charge on any atom is -0.478 e. The lowest BCUT2D eigenvalue weighted by atomic mass is 9.76. The second kappa shape index (κ2) is 13.2. The molecule has 0 aliphatic carbocycles. The van der Waals surface area contributed by atoms with Gasteiger partial charge in [0, 0.05) is 48.7 Å². The zero-order valence-electron chi connectivity index (χ0n) is 27.0. The standard InChI is InChI=1S/C32H51N5O4/c1-19(2)25(15-20(3)30(40)41)37(12)29(39)27(31(4,5)6)35-28(38)26(34-10)32(7,8)23-18-36(11)24-14-13-21(17-33-9)16-22(23)24/h13-16,18-19,25-27,33-34H,17H2,1-12H3,(H,35,38)(H,40,41)/b20-15+/t25-,26+,27-/m1/s1. The van der Waals surface area contributed by atoms with E-state index in [-0.39, 0.29) is 23.3 Å². The zero-order chi connectivity index (χ0) is 31.4. The lowest BCUT2D eigenvalue weighted by Gasteiger charge is -2.39. The molecule has 1 heterocycles. The van der Waals surface area contributed by atoms with Crippen molar-refractivity contribution >= 4 is 28.7 Å². The number of benzene rings is 1. The summed E-state index contributed by atoms with van der Waals surface area (Å²) in [4.78, 5) is 41.0. The molecule has 41 heavy (non-hydrogen) atoms. The van der Waals surface area contributed by atoms with E-state index in [9.17, 15) is 19.5 Å². The number of fused-ring (bicyclic) bond motifs is 1. The van der Waals surface area contributed by atoms with Crippen LogP contribution < -0.4 is 16.0 Å². The number of rotatable bonds is 12. The van der Waals surface area contributed by atoms with Crippen LogP contribution in [0.25, 0.3) is 10.9 Å². The molecule has 4 N–H and O–H groups in total. The van der Waals surface area contributed by atoms with Gasteiger partial charge in [-0.3, -0.25) is 9.59 Å². The Balaban J connectivity index is 2.48. The summed E-state index contributed by atoms with van der Waals surface area (Å²) in [5.74, 6) is -1.60. The Morgan fingerprint density at radius 2 is 1.68 bits per heavy atom. The van der Waals surface area contributed by atoms with Crippen LogP contribution in [0.4, 0.5) is 0 Å². The first kappa shape index (κ1) is 34.0. The highest BCUT2D eigenvalue weighted by Crippen LogP contribution is 2.35. The maximum absolute atomic E-state index is 14.0. The molecule has 2 rings (SSSR count). The Hall–Kier alpha value is -3.17. The van der Waals surface area contributed by atoms with Crippen molar-refractivity contribution in [3.63, 3.8) is 0 Å². The highest BCUT2D eigenvalue weighted by molar-refractivity contribution is 5.93. The molecule has 0 saturated heterocycles. The molecule has 9 nitrogen and oxygen atoms in total. The topological polar surface area (TPSA) is 116 Å². The molecule has 0 aliphatic rings. The fraction of sp³-hybridized carbons (Fsp3) is 0.594. The molecule has 228 valence electrons. The Morgan fingerprint density at radius 3 is 2.17 bits per heavy atom. The lowest BCUT2D eigenvalue weighted by Crippen LogP contribution is -2.61. The highest BCUT2D eigenvalue weighted by atomic mass is 16.4. The van der Waals surface area contributed by atoms with Gasteiger partial charge >= 0.3 is 5.97 Å². The van der Waals surface area contributed by atoms with E-state index in [1.807, 2.05) is 62.6 Å². The van der Waals surface area contributed by atoms with Crippen molar-refractivity contribution in [2.75, 3.05) is 21.1 Å². The number of aromatic nitrogens is 1. The van der Waals surface area contributed by atoms with Gasteiger partial charge in [0.25, 0.3) is 0 Å². The largest absolute Gasteiger partial charge is 0.478 e. The van der Waals surface area contributed by atoms with Gasteiger partial charge in [-0.15, -0.1) is 0 Å². The fourth-order valence-corrected chi connectivity index (χ4v) is 5.55. The second-order valence-corrected chi connectivity index (χ2v) is 13.1. The van der Waals surface area contributed by atoms with Gasteiger partial charge in [-0.1, -0.05) is 60.6 Å². The number of nitrogens with one attached hydrogen (secondary N) is 3. The van der Waals surface area contributed by atoms with Crippen molar-refractivity contribution in [2.45, 2.75) is 85.5 Å². The summed E-state index contributed by atoms with van der Waals surface area (Å²) in [6.45, 7) is 16.0. The number of nitrogens with zero attached hydrogens (tertiary/aromatic N) is 2. The van der Waals surface area contributed by atoms with Gasteiger partial charge in [-0.2, -0.15) is 0 Å². The fourth-order valence-electron chi connectivity index (χ4n) is 5.55. The van der Waals surface area contributed by atoms with Crippen LogP contribution in [0.15, 0.2) is 36.0 Å². The van der Waals surface area contributed by atoms with Crippen molar-refractivity contribution in [1.82, 2.24) is 25.4 Å². The average molecular weight is 570 g/mol. The monoisotopic (exact) mass is 569 g/mol. The van der Waals surface area contributed by atoms with E-state index in [0.29, 0.717) is 0 Å². The number of hydrogen-bond acceptors (Lipinski definition) is 5. The van der Waals surface area contributed by atoms with E-state index in [2.05, 4.69) is 44.9 Å². The number of carbonyl (C=O) groups excluding carboxylic acids is 2. The highest BCUT2D eigenvalue weighted by Gasteiger charge is 2.42. The lowest BCUT2D eigenvalue weighted by molar-refractivity contribution is -0.141. The van der Waals surface area contributed by atoms with Crippen LogP contribution in [0.3, 0.4) is 0 Å². The first-order valence-corrected chi connectivity index (χ1v) is 14.3. The van der Waals surface area contributed by atoms with Crippen LogP contribution >= 0.6 is 0 Å². The van der Waals surface area contributed by atoms with Crippen molar-refractivity contribution in [3.05, 3.63) is 47.2 Å². The number of carboxylic acid groups (broad SMARTS) is 1. The van der Waals surface area contributed by atoms with Gasteiger partial charge in [-0.05, 0) is 55.6 Å². The molecule has 0 fully saturated rings. The van der Waals surface area contributed by atoms with Gasteiger partial charge in [0.05, 0.1) is 12.1 Å². The van der Waals surface area contributed by atoms with Gasteiger partial charge in [0.2, 0.25) is 11.8 Å². The molecule has 1 aromatic heterocycles. The third-order valence-electron chi connectivity index (χ3n) is 8.04. The van der Waals surface area contributed by atoms with Gasteiger partial charge in [-0.25, -0.2) is 4.79 Å². The average Bonchev–Trinajstić information content (AvgIpc) is 3.20. The van der Waals surface area contributed by atoms with Crippen molar-refractivity contribution in [1.29, 1.82) is 0 Å². The van der Waals surface area contributed by atoms with Gasteiger partial charge in [0.1, 0.15) is 6.04 Å². The summed E-state index contributed by atoms with van der Waals surface area (Å²) in [5, 5.41) is 20.0. The number of likely N-dealkylation sites (N-methyl/N-ethyl adjacent to an activating group) is 2. The molecule has 0 bridgehead atoms. The predicted molar refractivity (Wildman–Crippen MR) is 166 cm³/mol. The van der Waals surface area contributed by atoms with E-state index >= 15 is 0 Å². The predicted octanol–water partition coefficient (Wildman–Crippen LogP) is 3.81. The van der Waals surface area contributed by atoms with Crippen LogP contribution in [-0.2, 0) is 33.4 Å². The molecular formula is C32H51N5O4. The van der Waals surface area contributed by atoms with Crippen molar-refractivity contribution < 1.29 is 19.5 Å². The van der Waals surface area contributed by atoms with E-state index < -0.39 is 34.9 Å². The number of carbonyl (C=O) groups is 3. The SMILES string of the molecule is CNCc1ccc2c(c1)c(C(C)(C)[C@@H](NC)C(=O)N[C@H](C(=O)N(C)[C@H](/C=C(\C)C(=O)O)C(C)C)C(C)(C)C)cn2C. The number of amides is 2. The minimum atomic E-state index is -1.03. The van der Waals surface area contributed by atoms with Gasteiger partial charge < -0.3 is 30.5 Å². The number of carboxylic acids is 1. The molecule has 0 unspecified atom stereocenters. The van der Waals surface area contributed by atoms with Crippen LogP contribution in [0, 0.1) is 11.3 Å². The summed E-state index contributed by atoms with van der Waals surface area (Å²) in [7, 11) is 7.35. The molecule has 0 saturated carbocycles. The maximum atomic E-state index is 14.0. The Labute approximate surface area is 245 Å². The summed E-state index contributed by atoms with van der Waals surface area (Å²) in [5.41, 5.74) is 2.21. The second-order valence-electron chi connectivity index (χ2n) is 13.1. The first-order valence-electron chi connectivity index (χ1n) is 14.3. The first-order chi connectivity index (χ1) is 18.9. The quantitative estimate of drug-likeness (QED) is 0.289. The third kappa shape index (κ3) is 7.57. The molecule has 9 heteroatoms. The minimum absolute atomic E-state index is 0.0299. The molecule has 0 aliphatic heterocycles. The Morgan fingerprint density at radius 1 is 1.07 bits per heavy atom. The summed E-state index contributed by atoms with van der Waals surface area (Å²) >= 11 is 0. The Bertz CT molecular complexity index is 1280. The molecule has 0 spiro atoms. The van der Waals surface area contributed by atoms with E-state index in [1.54, 1.807) is 25.1 Å². The molecule has 2 aromatic rings. The van der Waals surface area contributed by atoms with Crippen LogP contribution in [0.2, 0.25) is 0 Å². The van der Waals surface area contributed by atoms with Crippen LogP contribution in [0.5, 0.6) is 0 Å². The van der Waals surface area contributed by atoms with Crippen molar-refractivity contribution in [2.24, 2.45) is 18.4 Å². The van der Waals surface area contributed by atoms with Crippen LogP contribution in [0.1, 0.15) is 66.5 Å². The molecular weight excluding hydrogens is 518 g/mol. The summed E-state index contributed by atoms with van der Waals surface area (Å²) < 4.78 is 2.08. The maximum Gasteiger partial charge on any atom is 0.331 e.